The molecule has 32 heavy (non-hydrogen) atoms. The van der Waals surface area contributed by atoms with Crippen LogP contribution in [-0.2, 0) is 10.2 Å². The van der Waals surface area contributed by atoms with Crippen molar-refractivity contribution in [3.63, 3.8) is 0 Å². The van der Waals surface area contributed by atoms with Crippen LogP contribution in [0.1, 0.15) is 37.0 Å². The number of para-hydroxylation sites is 1. The molecular formula is C24H29N5O3. The molecule has 3 aromatic rings. The third-order valence-electron chi connectivity index (χ3n) is 5.50. The van der Waals surface area contributed by atoms with Crippen LogP contribution in [0.2, 0.25) is 0 Å². The maximum Gasteiger partial charge on any atom is 0.289 e. The highest BCUT2D eigenvalue weighted by Gasteiger charge is 2.26. The standard InChI is InChI=1S/C24H29N5O3/c1-24(2,3)20-16-21(29(26-20)18-8-5-4-6-9-18)25-22(30)17-27-11-13-28(14-12-27)23(31)19-10-7-15-32-19/h4-10,15-16H,11-14,17H2,1-3H3,(H,25,30). The van der Waals surface area contributed by atoms with Crippen molar-refractivity contribution in [2.24, 2.45) is 0 Å². The summed E-state index contributed by atoms with van der Waals surface area (Å²) in [5, 5.41) is 7.77. The summed E-state index contributed by atoms with van der Waals surface area (Å²) in [4.78, 5) is 29.1. The van der Waals surface area contributed by atoms with E-state index < -0.39 is 0 Å². The number of hydrogen-bond acceptors (Lipinski definition) is 5. The number of carbonyl (C=O) groups excluding carboxylic acids is 2. The molecule has 0 aliphatic carbocycles. The number of amides is 2. The minimum absolute atomic E-state index is 0.103. The summed E-state index contributed by atoms with van der Waals surface area (Å²) in [5.74, 6) is 0.784. The molecule has 0 unspecified atom stereocenters. The van der Waals surface area contributed by atoms with Gasteiger partial charge in [0, 0.05) is 37.7 Å². The normalized spacial score (nSPS) is 15.0. The van der Waals surface area contributed by atoms with Gasteiger partial charge >= 0.3 is 0 Å². The third kappa shape index (κ3) is 4.91. The molecular weight excluding hydrogens is 406 g/mol. The molecule has 1 aromatic carbocycles. The van der Waals surface area contributed by atoms with Crippen molar-refractivity contribution >= 4 is 17.6 Å². The highest BCUT2D eigenvalue weighted by atomic mass is 16.3. The maximum atomic E-state index is 12.8. The van der Waals surface area contributed by atoms with E-state index in [-0.39, 0.29) is 23.8 Å². The molecule has 3 heterocycles. The first-order chi connectivity index (χ1) is 15.3. The number of piperazine rings is 1. The van der Waals surface area contributed by atoms with Gasteiger partial charge in [0.2, 0.25) is 5.91 Å². The molecule has 0 atom stereocenters. The highest BCUT2D eigenvalue weighted by Crippen LogP contribution is 2.26. The van der Waals surface area contributed by atoms with Crippen LogP contribution in [0.5, 0.6) is 0 Å². The molecule has 1 aliphatic rings. The minimum Gasteiger partial charge on any atom is -0.459 e. The van der Waals surface area contributed by atoms with Gasteiger partial charge in [0.05, 0.1) is 24.2 Å². The molecule has 1 aliphatic heterocycles. The predicted octanol–water partition coefficient (Wildman–Crippen LogP) is 3.16. The Labute approximate surface area is 187 Å². The molecule has 1 fully saturated rings. The van der Waals surface area contributed by atoms with Crippen LogP contribution in [0.3, 0.4) is 0 Å². The van der Waals surface area contributed by atoms with Crippen molar-refractivity contribution in [2.45, 2.75) is 26.2 Å². The van der Waals surface area contributed by atoms with E-state index in [1.54, 1.807) is 21.7 Å². The van der Waals surface area contributed by atoms with Crippen molar-refractivity contribution < 1.29 is 14.0 Å². The Bertz CT molecular complexity index is 1060. The molecule has 1 N–H and O–H groups in total. The van der Waals surface area contributed by atoms with Crippen molar-refractivity contribution in [3.05, 3.63) is 66.2 Å². The summed E-state index contributed by atoms with van der Waals surface area (Å²) in [6, 6.07) is 15.1. The number of nitrogens with zero attached hydrogens (tertiary/aromatic N) is 4. The molecule has 2 amide bonds. The Morgan fingerprint density at radius 1 is 1.03 bits per heavy atom. The number of aromatic nitrogens is 2. The van der Waals surface area contributed by atoms with E-state index >= 15 is 0 Å². The zero-order chi connectivity index (χ0) is 22.7. The van der Waals surface area contributed by atoms with Crippen LogP contribution in [-0.4, -0.2) is 64.1 Å². The SMILES string of the molecule is CC(C)(C)c1cc(NC(=O)CN2CCN(C(=O)c3ccco3)CC2)n(-c2ccccc2)n1. The fourth-order valence-corrected chi connectivity index (χ4v) is 3.65. The molecule has 0 radical (unpaired) electrons. The second kappa shape index (κ2) is 9.00. The Morgan fingerprint density at radius 3 is 2.38 bits per heavy atom. The number of benzene rings is 1. The van der Waals surface area contributed by atoms with E-state index in [2.05, 4.69) is 31.0 Å². The fraction of sp³-hybridized carbons (Fsp3) is 0.375. The second-order valence-electron chi connectivity index (χ2n) is 9.01. The van der Waals surface area contributed by atoms with E-state index in [1.165, 1.54) is 6.26 Å². The lowest BCUT2D eigenvalue weighted by molar-refractivity contribution is -0.117. The number of rotatable bonds is 5. The van der Waals surface area contributed by atoms with E-state index in [1.807, 2.05) is 36.4 Å². The molecule has 4 rings (SSSR count). The first-order valence-corrected chi connectivity index (χ1v) is 10.8. The van der Waals surface area contributed by atoms with Crippen molar-refractivity contribution in [2.75, 3.05) is 38.0 Å². The largest absolute Gasteiger partial charge is 0.459 e. The van der Waals surface area contributed by atoms with Gasteiger partial charge < -0.3 is 14.6 Å². The van der Waals surface area contributed by atoms with E-state index in [4.69, 9.17) is 9.52 Å². The van der Waals surface area contributed by atoms with Crippen LogP contribution >= 0.6 is 0 Å². The van der Waals surface area contributed by atoms with Crippen LogP contribution in [0, 0.1) is 0 Å². The van der Waals surface area contributed by atoms with Gasteiger partial charge in [-0.25, -0.2) is 4.68 Å². The molecule has 0 spiro atoms. The average Bonchev–Trinajstić information content (AvgIpc) is 3.44. The molecule has 8 heteroatoms. The zero-order valence-electron chi connectivity index (χ0n) is 18.7. The summed E-state index contributed by atoms with van der Waals surface area (Å²) in [6.45, 7) is 8.93. The molecule has 0 bridgehead atoms. The topological polar surface area (TPSA) is 83.6 Å². The number of hydrogen-bond donors (Lipinski definition) is 1. The van der Waals surface area contributed by atoms with Crippen molar-refractivity contribution in [1.29, 1.82) is 0 Å². The summed E-state index contributed by atoms with van der Waals surface area (Å²) < 4.78 is 6.98. The first-order valence-electron chi connectivity index (χ1n) is 10.8. The van der Waals surface area contributed by atoms with Gasteiger partial charge in [0.15, 0.2) is 5.76 Å². The molecule has 2 aromatic heterocycles. The third-order valence-corrected chi connectivity index (χ3v) is 5.50. The Morgan fingerprint density at radius 2 is 1.75 bits per heavy atom. The molecule has 1 saturated heterocycles. The van der Waals surface area contributed by atoms with E-state index in [0.29, 0.717) is 37.8 Å². The van der Waals surface area contributed by atoms with Gasteiger partial charge in [-0.2, -0.15) is 5.10 Å². The summed E-state index contributed by atoms with van der Waals surface area (Å²) in [5.41, 5.74) is 1.65. The molecule has 168 valence electrons. The van der Waals surface area contributed by atoms with Crippen molar-refractivity contribution in [1.82, 2.24) is 19.6 Å². The number of furan rings is 1. The number of carbonyl (C=O) groups is 2. The van der Waals surface area contributed by atoms with Crippen LogP contribution in [0.4, 0.5) is 5.82 Å². The van der Waals surface area contributed by atoms with Crippen molar-refractivity contribution in [3.8, 4) is 5.69 Å². The molecule has 0 saturated carbocycles. The Kier molecular flexibility index (Phi) is 6.14. The lowest BCUT2D eigenvalue weighted by atomic mass is 9.92. The summed E-state index contributed by atoms with van der Waals surface area (Å²) in [7, 11) is 0. The van der Waals surface area contributed by atoms with Crippen LogP contribution in [0.15, 0.2) is 59.2 Å². The average molecular weight is 436 g/mol. The van der Waals surface area contributed by atoms with Gasteiger partial charge in [-0.05, 0) is 24.3 Å². The van der Waals surface area contributed by atoms with E-state index in [9.17, 15) is 9.59 Å². The summed E-state index contributed by atoms with van der Waals surface area (Å²) >= 11 is 0. The fourth-order valence-electron chi connectivity index (χ4n) is 3.65. The van der Waals surface area contributed by atoms with Gasteiger partial charge in [0.25, 0.3) is 5.91 Å². The second-order valence-corrected chi connectivity index (χ2v) is 9.01. The summed E-state index contributed by atoms with van der Waals surface area (Å²) in [6.07, 6.45) is 1.50. The lowest BCUT2D eigenvalue weighted by Gasteiger charge is -2.33. The zero-order valence-corrected chi connectivity index (χ0v) is 18.7. The maximum absolute atomic E-state index is 12.8. The Hall–Kier alpha value is -3.39. The molecule has 8 nitrogen and oxygen atoms in total. The number of nitrogens with one attached hydrogen (secondary N) is 1. The smallest absolute Gasteiger partial charge is 0.289 e. The Balaban J connectivity index is 1.39. The van der Waals surface area contributed by atoms with Gasteiger partial charge in [0.1, 0.15) is 5.82 Å². The number of anilines is 1. The predicted molar refractivity (Wildman–Crippen MR) is 122 cm³/mol. The van der Waals surface area contributed by atoms with Gasteiger partial charge in [-0.15, -0.1) is 0 Å². The van der Waals surface area contributed by atoms with Crippen LogP contribution in [0.25, 0.3) is 5.69 Å². The van der Waals surface area contributed by atoms with Gasteiger partial charge in [-0.3, -0.25) is 14.5 Å². The minimum atomic E-state index is -0.142. The van der Waals surface area contributed by atoms with E-state index in [0.717, 1.165) is 11.4 Å². The highest BCUT2D eigenvalue weighted by molar-refractivity contribution is 5.92. The van der Waals surface area contributed by atoms with Crippen LogP contribution < -0.4 is 5.32 Å². The van der Waals surface area contributed by atoms with Gasteiger partial charge in [-0.1, -0.05) is 39.0 Å². The quantitative estimate of drug-likeness (QED) is 0.666. The monoisotopic (exact) mass is 435 g/mol. The first kappa shape index (κ1) is 21.8. The lowest BCUT2D eigenvalue weighted by Crippen LogP contribution is -2.50.